The molecule has 1 unspecified atom stereocenters. The Morgan fingerprint density at radius 1 is 1.19 bits per heavy atom. The molecule has 3 heterocycles. The number of nitrogens with zero attached hydrogens (tertiary/aromatic N) is 1. The molecule has 5 heteroatoms. The summed E-state index contributed by atoms with van der Waals surface area (Å²) in [5, 5.41) is 3.52. The average Bonchev–Trinajstić information content (AvgIpc) is 3.05. The van der Waals surface area contributed by atoms with Gasteiger partial charge in [0.1, 0.15) is 0 Å². The smallest absolute Gasteiger partial charge is 0.231 e. The minimum absolute atomic E-state index is 0.0454. The zero-order valence-electron chi connectivity index (χ0n) is 14.8. The second kappa shape index (κ2) is 5.34. The van der Waals surface area contributed by atoms with Crippen molar-refractivity contribution in [1.29, 1.82) is 0 Å². The van der Waals surface area contributed by atoms with Crippen molar-refractivity contribution in [3.8, 4) is 11.5 Å². The minimum atomic E-state index is -0.131. The van der Waals surface area contributed by atoms with E-state index in [4.69, 9.17) is 9.47 Å². The van der Waals surface area contributed by atoms with Gasteiger partial charge < -0.3 is 14.8 Å². The summed E-state index contributed by atoms with van der Waals surface area (Å²) in [6.45, 7) is 4.52. The number of carbonyl (C=O) groups excluding carboxylic acids is 1. The number of nitrogens with one attached hydrogen (secondary N) is 1. The highest BCUT2D eigenvalue weighted by Crippen LogP contribution is 2.51. The Morgan fingerprint density at radius 3 is 2.77 bits per heavy atom. The third kappa shape index (κ3) is 2.30. The van der Waals surface area contributed by atoms with Gasteiger partial charge in [-0.05, 0) is 35.1 Å². The molecule has 1 atom stereocenters. The molecule has 2 aromatic rings. The zero-order chi connectivity index (χ0) is 17.9. The first-order valence-corrected chi connectivity index (χ1v) is 8.89. The quantitative estimate of drug-likeness (QED) is 0.844. The van der Waals surface area contributed by atoms with E-state index in [1.54, 1.807) is 6.20 Å². The molecule has 1 aromatic heterocycles. The first kappa shape index (κ1) is 15.4. The molecular weight excluding hydrogens is 328 g/mol. The number of hydrogen-bond donors (Lipinski definition) is 1. The number of carbonyl (C=O) groups is 1. The molecule has 1 aliphatic carbocycles. The Balaban J connectivity index is 1.73. The van der Waals surface area contributed by atoms with Gasteiger partial charge in [0.25, 0.3) is 0 Å². The fraction of sp³-hybridized carbons (Fsp3) is 0.333. The lowest BCUT2D eigenvalue weighted by Gasteiger charge is -2.39. The van der Waals surface area contributed by atoms with E-state index in [-0.39, 0.29) is 23.9 Å². The Hall–Kier alpha value is -2.82. The molecule has 0 bridgehead atoms. The van der Waals surface area contributed by atoms with Crippen molar-refractivity contribution in [2.45, 2.75) is 32.6 Å². The van der Waals surface area contributed by atoms with Gasteiger partial charge in [0.15, 0.2) is 17.3 Å². The number of allylic oxidation sites excluding steroid dienone is 2. The fourth-order valence-corrected chi connectivity index (χ4v) is 4.30. The van der Waals surface area contributed by atoms with Crippen LogP contribution in [0.3, 0.4) is 0 Å². The van der Waals surface area contributed by atoms with Crippen molar-refractivity contribution in [1.82, 2.24) is 4.98 Å². The van der Waals surface area contributed by atoms with Crippen molar-refractivity contribution < 1.29 is 14.3 Å². The summed E-state index contributed by atoms with van der Waals surface area (Å²) in [6, 6.07) is 7.94. The van der Waals surface area contributed by atoms with Crippen LogP contribution >= 0.6 is 0 Å². The van der Waals surface area contributed by atoms with E-state index in [1.807, 2.05) is 30.5 Å². The lowest BCUT2D eigenvalue weighted by atomic mass is 9.69. The molecular formula is C21H20N2O3. The van der Waals surface area contributed by atoms with Crippen molar-refractivity contribution in [3.05, 3.63) is 59.1 Å². The molecule has 3 aliphatic rings. The standard InChI is InChI=1S/C21H20N2O3/c1-21(2)8-15-20(16(24)9-21)19(12-4-3-5-22-10-12)13-6-17-18(26-11-25-17)7-14(13)23-15/h3-7,10,19,23H,8-9,11H2,1-2H3. The van der Waals surface area contributed by atoms with Gasteiger partial charge >= 0.3 is 0 Å². The summed E-state index contributed by atoms with van der Waals surface area (Å²) < 4.78 is 11.1. The van der Waals surface area contributed by atoms with Crippen LogP contribution < -0.4 is 14.8 Å². The minimum Gasteiger partial charge on any atom is -0.454 e. The summed E-state index contributed by atoms with van der Waals surface area (Å²) in [5.74, 6) is 1.55. The number of fused-ring (bicyclic) bond motifs is 2. The number of benzene rings is 1. The third-order valence-electron chi connectivity index (χ3n) is 5.37. The molecule has 0 fully saturated rings. The maximum atomic E-state index is 13.1. The number of hydrogen-bond acceptors (Lipinski definition) is 5. The van der Waals surface area contributed by atoms with Crippen LogP contribution in [0.5, 0.6) is 11.5 Å². The number of Topliss-reactive ketones (excluding diaryl/α,β-unsaturated/α-hetero) is 1. The van der Waals surface area contributed by atoms with E-state index in [2.05, 4.69) is 24.1 Å². The number of anilines is 1. The van der Waals surface area contributed by atoms with E-state index < -0.39 is 0 Å². The molecule has 5 nitrogen and oxygen atoms in total. The van der Waals surface area contributed by atoms with Crippen molar-refractivity contribution in [2.75, 3.05) is 12.1 Å². The largest absolute Gasteiger partial charge is 0.454 e. The SMILES string of the molecule is CC1(C)CC(=O)C2=C(C1)Nc1cc3c(cc1C2c1cccnc1)OCO3. The van der Waals surface area contributed by atoms with Gasteiger partial charge in [0, 0.05) is 47.8 Å². The molecule has 1 N–H and O–H groups in total. The maximum absolute atomic E-state index is 13.1. The first-order chi connectivity index (χ1) is 12.5. The van der Waals surface area contributed by atoms with Crippen LogP contribution in [0.2, 0.25) is 0 Å². The van der Waals surface area contributed by atoms with Crippen molar-refractivity contribution >= 4 is 11.5 Å². The fourth-order valence-electron chi connectivity index (χ4n) is 4.30. The Morgan fingerprint density at radius 2 is 2.00 bits per heavy atom. The molecule has 0 saturated carbocycles. The number of pyridine rings is 1. The monoisotopic (exact) mass is 348 g/mol. The molecule has 5 rings (SSSR count). The molecule has 26 heavy (non-hydrogen) atoms. The van der Waals surface area contributed by atoms with Gasteiger partial charge in [-0.3, -0.25) is 9.78 Å². The van der Waals surface area contributed by atoms with E-state index in [0.717, 1.165) is 46.0 Å². The van der Waals surface area contributed by atoms with Crippen LogP contribution in [0.4, 0.5) is 5.69 Å². The van der Waals surface area contributed by atoms with Gasteiger partial charge in [-0.2, -0.15) is 0 Å². The predicted molar refractivity (Wildman–Crippen MR) is 97.3 cm³/mol. The van der Waals surface area contributed by atoms with Crippen LogP contribution in [0, 0.1) is 5.41 Å². The van der Waals surface area contributed by atoms with Crippen LogP contribution in [0.25, 0.3) is 0 Å². The number of ether oxygens (including phenoxy) is 2. The molecule has 0 saturated heterocycles. The number of aromatic nitrogens is 1. The molecule has 132 valence electrons. The third-order valence-corrected chi connectivity index (χ3v) is 5.37. The van der Waals surface area contributed by atoms with Crippen LogP contribution in [-0.4, -0.2) is 17.6 Å². The van der Waals surface area contributed by atoms with Crippen LogP contribution in [0.15, 0.2) is 47.9 Å². The highest BCUT2D eigenvalue weighted by atomic mass is 16.7. The maximum Gasteiger partial charge on any atom is 0.231 e. The lowest BCUT2D eigenvalue weighted by molar-refractivity contribution is -0.118. The average molecular weight is 348 g/mol. The van der Waals surface area contributed by atoms with E-state index in [9.17, 15) is 4.79 Å². The topological polar surface area (TPSA) is 60.5 Å². The molecule has 0 spiro atoms. The Labute approximate surface area is 152 Å². The molecule has 0 amide bonds. The lowest BCUT2D eigenvalue weighted by Crippen LogP contribution is -2.33. The summed E-state index contributed by atoms with van der Waals surface area (Å²) in [5.41, 5.74) is 4.88. The number of ketones is 1. The van der Waals surface area contributed by atoms with E-state index >= 15 is 0 Å². The first-order valence-electron chi connectivity index (χ1n) is 8.89. The Bertz CT molecular complexity index is 947. The highest BCUT2D eigenvalue weighted by Gasteiger charge is 2.41. The van der Waals surface area contributed by atoms with E-state index in [0.29, 0.717) is 6.42 Å². The predicted octanol–water partition coefficient (Wildman–Crippen LogP) is 4.01. The van der Waals surface area contributed by atoms with Crippen LogP contribution in [0.1, 0.15) is 43.7 Å². The summed E-state index contributed by atoms with van der Waals surface area (Å²) >= 11 is 0. The van der Waals surface area contributed by atoms with Crippen molar-refractivity contribution in [3.63, 3.8) is 0 Å². The zero-order valence-corrected chi connectivity index (χ0v) is 14.8. The molecule has 0 radical (unpaired) electrons. The molecule has 2 aliphatic heterocycles. The summed E-state index contributed by atoms with van der Waals surface area (Å²) in [7, 11) is 0. The second-order valence-corrected chi connectivity index (χ2v) is 7.97. The van der Waals surface area contributed by atoms with Gasteiger partial charge in [-0.25, -0.2) is 0 Å². The number of rotatable bonds is 1. The summed E-state index contributed by atoms with van der Waals surface area (Å²) in [6.07, 6.45) is 5.01. The van der Waals surface area contributed by atoms with E-state index in [1.165, 1.54) is 0 Å². The molecule has 1 aromatic carbocycles. The van der Waals surface area contributed by atoms with Gasteiger partial charge in [0.05, 0.1) is 0 Å². The summed E-state index contributed by atoms with van der Waals surface area (Å²) in [4.78, 5) is 17.4. The van der Waals surface area contributed by atoms with Crippen LogP contribution in [-0.2, 0) is 4.79 Å². The van der Waals surface area contributed by atoms with Crippen molar-refractivity contribution in [2.24, 2.45) is 5.41 Å². The van der Waals surface area contributed by atoms with Gasteiger partial charge in [-0.1, -0.05) is 19.9 Å². The van der Waals surface area contributed by atoms with Gasteiger partial charge in [-0.15, -0.1) is 0 Å². The van der Waals surface area contributed by atoms with Gasteiger partial charge in [0.2, 0.25) is 6.79 Å². The normalized spacial score (nSPS) is 22.5. The second-order valence-electron chi connectivity index (χ2n) is 7.97. The Kier molecular flexibility index (Phi) is 3.17. The highest BCUT2D eigenvalue weighted by molar-refractivity contribution is 6.01.